The molecule has 0 aliphatic rings. The summed E-state index contributed by atoms with van der Waals surface area (Å²) in [7, 11) is -2.90. The fourth-order valence-corrected chi connectivity index (χ4v) is 2.59. The normalized spacial score (nSPS) is 11.2. The second kappa shape index (κ2) is 4.61. The lowest BCUT2D eigenvalue weighted by Crippen LogP contribution is -2.30. The summed E-state index contributed by atoms with van der Waals surface area (Å²) in [6.07, 6.45) is 0.447. The molecule has 0 saturated carbocycles. The van der Waals surface area contributed by atoms with Gasteiger partial charge in [0, 0.05) is 11.6 Å². The Hall–Kier alpha value is -2.15. The van der Waals surface area contributed by atoms with Gasteiger partial charge in [0.15, 0.2) is 0 Å². The van der Waals surface area contributed by atoms with E-state index in [4.69, 9.17) is 0 Å². The largest absolute Gasteiger partial charge is 0.452 e. The molecule has 0 aliphatic carbocycles. The van der Waals surface area contributed by atoms with Gasteiger partial charge >= 0.3 is 6.09 Å². The van der Waals surface area contributed by atoms with E-state index in [0.29, 0.717) is 10.9 Å². The van der Waals surface area contributed by atoms with E-state index in [0.717, 1.165) is 7.11 Å². The van der Waals surface area contributed by atoms with Gasteiger partial charge in [0.25, 0.3) is 10.0 Å². The van der Waals surface area contributed by atoms with Crippen LogP contribution in [0.4, 0.5) is 4.79 Å². The summed E-state index contributed by atoms with van der Waals surface area (Å²) in [5.41, 5.74) is 0.302. The second-order valence-electron chi connectivity index (χ2n) is 3.43. The molecule has 1 aromatic heterocycles. The van der Waals surface area contributed by atoms with Crippen molar-refractivity contribution in [2.24, 2.45) is 0 Å². The number of nitrogens with zero attached hydrogens (tertiary/aromatic N) is 1. The predicted molar refractivity (Wildman–Crippen MR) is 64.5 cm³/mol. The zero-order chi connectivity index (χ0) is 13.2. The zero-order valence-electron chi connectivity index (χ0n) is 9.45. The standard InChI is InChI=1S/C11H10N2O4S/c1-17-11(14)13-18(15,16)9-6-2-4-8-5-3-7-12-10(8)9/h2-7H,1H3,(H,13,14). The van der Waals surface area contributed by atoms with Gasteiger partial charge in [-0.3, -0.25) is 4.98 Å². The number of nitrogens with one attached hydrogen (secondary N) is 1. The summed E-state index contributed by atoms with van der Waals surface area (Å²) >= 11 is 0. The Morgan fingerprint density at radius 1 is 1.28 bits per heavy atom. The quantitative estimate of drug-likeness (QED) is 0.885. The van der Waals surface area contributed by atoms with Crippen LogP contribution < -0.4 is 4.72 Å². The van der Waals surface area contributed by atoms with E-state index in [9.17, 15) is 13.2 Å². The van der Waals surface area contributed by atoms with Gasteiger partial charge in [-0.15, -0.1) is 0 Å². The van der Waals surface area contributed by atoms with Gasteiger partial charge in [-0.2, -0.15) is 0 Å². The molecule has 18 heavy (non-hydrogen) atoms. The van der Waals surface area contributed by atoms with Gasteiger partial charge in [-0.1, -0.05) is 18.2 Å². The number of amides is 1. The van der Waals surface area contributed by atoms with E-state index in [1.165, 1.54) is 12.3 Å². The fourth-order valence-electron chi connectivity index (χ4n) is 1.50. The molecule has 6 nitrogen and oxygen atoms in total. The van der Waals surface area contributed by atoms with E-state index in [1.54, 1.807) is 29.0 Å². The second-order valence-corrected chi connectivity index (χ2v) is 5.08. The van der Waals surface area contributed by atoms with Crippen LogP contribution in [0.1, 0.15) is 0 Å². The molecule has 2 rings (SSSR count). The zero-order valence-corrected chi connectivity index (χ0v) is 10.3. The van der Waals surface area contributed by atoms with Crippen LogP contribution in [0.25, 0.3) is 10.9 Å². The molecule has 0 radical (unpaired) electrons. The van der Waals surface area contributed by atoms with Gasteiger partial charge in [-0.05, 0) is 12.1 Å². The van der Waals surface area contributed by atoms with Crippen LogP contribution in [0, 0.1) is 0 Å². The molecule has 0 fully saturated rings. The number of hydrogen-bond donors (Lipinski definition) is 1. The van der Waals surface area contributed by atoms with Crippen molar-refractivity contribution in [2.45, 2.75) is 4.90 Å². The van der Waals surface area contributed by atoms with Crippen LogP contribution in [0.2, 0.25) is 0 Å². The van der Waals surface area contributed by atoms with Crippen LogP contribution >= 0.6 is 0 Å². The maximum Gasteiger partial charge on any atom is 0.420 e. The molecule has 94 valence electrons. The Bertz CT molecular complexity index is 692. The van der Waals surface area contributed by atoms with Crippen LogP contribution in [-0.2, 0) is 14.8 Å². The fraction of sp³-hybridized carbons (Fsp3) is 0.0909. The average molecular weight is 266 g/mol. The maximum absolute atomic E-state index is 12.0. The van der Waals surface area contributed by atoms with Crippen LogP contribution in [0.15, 0.2) is 41.4 Å². The lowest BCUT2D eigenvalue weighted by atomic mass is 10.2. The molecule has 0 atom stereocenters. The highest BCUT2D eigenvalue weighted by Crippen LogP contribution is 2.20. The molecule has 2 aromatic rings. The van der Waals surface area contributed by atoms with Gasteiger partial charge in [-0.25, -0.2) is 17.9 Å². The number of ether oxygens (including phenoxy) is 1. The van der Waals surface area contributed by atoms with Gasteiger partial charge in [0.1, 0.15) is 4.90 Å². The first-order valence-corrected chi connectivity index (χ1v) is 6.47. The number of pyridine rings is 1. The first-order chi connectivity index (χ1) is 8.54. The molecular formula is C11H10N2O4S. The van der Waals surface area contributed by atoms with Crippen LogP contribution in [0.3, 0.4) is 0 Å². The monoisotopic (exact) mass is 266 g/mol. The number of sulfonamides is 1. The summed E-state index contributed by atoms with van der Waals surface area (Å²) in [5, 5.41) is 0.672. The molecule has 0 saturated heterocycles. The van der Waals surface area contributed by atoms with E-state index < -0.39 is 16.1 Å². The van der Waals surface area contributed by atoms with Crippen molar-refractivity contribution in [3.8, 4) is 0 Å². The maximum atomic E-state index is 12.0. The molecule has 0 bridgehead atoms. The molecule has 0 aliphatic heterocycles. The van der Waals surface area contributed by atoms with E-state index in [2.05, 4.69) is 9.72 Å². The van der Waals surface area contributed by atoms with Crippen LogP contribution in [0.5, 0.6) is 0 Å². The number of fused-ring (bicyclic) bond motifs is 1. The van der Waals surface area contributed by atoms with Crippen molar-refractivity contribution in [1.82, 2.24) is 9.71 Å². The lowest BCUT2D eigenvalue weighted by Gasteiger charge is -2.07. The highest BCUT2D eigenvalue weighted by Gasteiger charge is 2.20. The third-order valence-electron chi connectivity index (χ3n) is 2.29. The Morgan fingerprint density at radius 3 is 2.72 bits per heavy atom. The minimum atomic E-state index is -3.99. The first-order valence-electron chi connectivity index (χ1n) is 4.99. The van der Waals surface area contributed by atoms with Crippen molar-refractivity contribution >= 4 is 27.0 Å². The lowest BCUT2D eigenvalue weighted by molar-refractivity contribution is 0.177. The minimum absolute atomic E-state index is 0.0639. The van der Waals surface area contributed by atoms with Crippen molar-refractivity contribution in [1.29, 1.82) is 0 Å². The average Bonchev–Trinajstić information content (AvgIpc) is 2.37. The molecule has 1 heterocycles. The topological polar surface area (TPSA) is 85.4 Å². The number of hydrogen-bond acceptors (Lipinski definition) is 5. The third-order valence-corrected chi connectivity index (χ3v) is 3.63. The SMILES string of the molecule is COC(=O)NS(=O)(=O)c1cccc2cccnc12. The summed E-state index contributed by atoms with van der Waals surface area (Å²) in [6, 6.07) is 8.13. The number of aromatic nitrogens is 1. The summed E-state index contributed by atoms with van der Waals surface area (Å²) in [5.74, 6) is 0. The van der Waals surface area contributed by atoms with Gasteiger partial charge in [0.2, 0.25) is 0 Å². The molecule has 7 heteroatoms. The number of benzene rings is 1. The Morgan fingerprint density at radius 2 is 2.00 bits per heavy atom. The summed E-state index contributed by atoms with van der Waals surface area (Å²) in [4.78, 5) is 14.9. The highest BCUT2D eigenvalue weighted by molar-refractivity contribution is 7.90. The molecule has 0 spiro atoms. The van der Waals surface area contributed by atoms with Gasteiger partial charge in [0.05, 0.1) is 12.6 Å². The molecular weight excluding hydrogens is 256 g/mol. The van der Waals surface area contributed by atoms with Crippen molar-refractivity contribution in [2.75, 3.05) is 7.11 Å². The molecule has 1 aromatic carbocycles. The number of para-hydroxylation sites is 1. The molecule has 1 amide bonds. The summed E-state index contributed by atoms with van der Waals surface area (Å²) in [6.45, 7) is 0. The first kappa shape index (κ1) is 12.3. The Balaban J connectivity index is 2.57. The van der Waals surface area contributed by atoms with E-state index >= 15 is 0 Å². The molecule has 1 N–H and O–H groups in total. The summed E-state index contributed by atoms with van der Waals surface area (Å²) < 4.78 is 30.0. The third kappa shape index (κ3) is 2.25. The van der Waals surface area contributed by atoms with Crippen molar-refractivity contribution in [3.05, 3.63) is 36.5 Å². The number of carbonyl (C=O) groups excluding carboxylic acids is 1. The van der Waals surface area contributed by atoms with Crippen molar-refractivity contribution < 1.29 is 17.9 Å². The minimum Gasteiger partial charge on any atom is -0.452 e. The number of rotatable bonds is 2. The number of methoxy groups -OCH3 is 1. The van der Waals surface area contributed by atoms with Crippen molar-refractivity contribution in [3.63, 3.8) is 0 Å². The van der Waals surface area contributed by atoms with Gasteiger partial charge < -0.3 is 4.74 Å². The number of carbonyl (C=O) groups is 1. The highest BCUT2D eigenvalue weighted by atomic mass is 32.2. The smallest absolute Gasteiger partial charge is 0.420 e. The predicted octanol–water partition coefficient (Wildman–Crippen LogP) is 1.28. The Labute approximate surface area is 104 Å². The Kier molecular flexibility index (Phi) is 3.15. The van der Waals surface area contributed by atoms with Crippen LogP contribution in [-0.4, -0.2) is 26.6 Å². The van der Waals surface area contributed by atoms with E-state index in [1.807, 2.05) is 0 Å². The van der Waals surface area contributed by atoms with E-state index in [-0.39, 0.29) is 4.90 Å². The molecule has 0 unspecified atom stereocenters.